The van der Waals surface area contributed by atoms with E-state index in [1.54, 1.807) is 30.5 Å². The third kappa shape index (κ3) is 3.56. The molecule has 1 fully saturated rings. The molecule has 146 valence electrons. The normalized spacial score (nSPS) is 18.4. The van der Waals surface area contributed by atoms with Gasteiger partial charge in [-0.1, -0.05) is 23.7 Å². The van der Waals surface area contributed by atoms with Gasteiger partial charge >= 0.3 is 5.97 Å². The van der Waals surface area contributed by atoms with Crippen LogP contribution in [0.1, 0.15) is 5.56 Å². The lowest BCUT2D eigenvalue weighted by Crippen LogP contribution is -2.44. The number of halogens is 1. The average molecular weight is 408 g/mol. The van der Waals surface area contributed by atoms with Crippen LogP contribution in [-0.4, -0.2) is 52.9 Å². The lowest BCUT2D eigenvalue weighted by atomic mass is 10.2. The van der Waals surface area contributed by atoms with E-state index in [4.69, 9.17) is 16.3 Å². The minimum atomic E-state index is -0.435. The van der Waals surface area contributed by atoms with Crippen molar-refractivity contribution in [2.24, 2.45) is 4.99 Å². The Labute approximate surface area is 172 Å². The second-order valence-electron chi connectivity index (χ2n) is 6.93. The number of fused-ring (bicyclic) bond motifs is 1. The van der Waals surface area contributed by atoms with Crippen molar-refractivity contribution in [1.82, 2.24) is 14.9 Å². The zero-order chi connectivity index (χ0) is 19.8. The van der Waals surface area contributed by atoms with E-state index in [0.717, 1.165) is 48.7 Å². The number of carbonyl (C=O) groups is 1. The first-order chi connectivity index (χ1) is 14.2. The van der Waals surface area contributed by atoms with E-state index in [0.29, 0.717) is 16.6 Å². The van der Waals surface area contributed by atoms with Crippen LogP contribution >= 0.6 is 11.6 Å². The van der Waals surface area contributed by atoms with Gasteiger partial charge in [0, 0.05) is 43.0 Å². The Balaban J connectivity index is 1.27. The molecule has 29 heavy (non-hydrogen) atoms. The molecule has 5 rings (SSSR count). The van der Waals surface area contributed by atoms with Crippen molar-refractivity contribution in [3.8, 4) is 0 Å². The van der Waals surface area contributed by atoms with Crippen molar-refractivity contribution in [2.45, 2.75) is 0 Å². The van der Waals surface area contributed by atoms with Crippen LogP contribution in [0.5, 0.6) is 0 Å². The topological polar surface area (TPSA) is 73.8 Å². The number of nitrogens with one attached hydrogen (secondary N) is 1. The van der Waals surface area contributed by atoms with Crippen molar-refractivity contribution in [1.29, 1.82) is 0 Å². The van der Waals surface area contributed by atoms with E-state index in [1.165, 1.54) is 0 Å². The molecule has 0 spiro atoms. The van der Waals surface area contributed by atoms with Crippen molar-refractivity contribution in [2.75, 3.05) is 31.1 Å². The Hall–Kier alpha value is -3.32. The van der Waals surface area contributed by atoms with Crippen molar-refractivity contribution < 1.29 is 9.53 Å². The molecule has 1 saturated heterocycles. The van der Waals surface area contributed by atoms with Gasteiger partial charge in [-0.3, -0.25) is 0 Å². The number of imidazole rings is 1. The highest BCUT2D eigenvalue weighted by molar-refractivity contribution is 6.30. The zero-order valence-electron chi connectivity index (χ0n) is 15.5. The third-order valence-corrected chi connectivity index (χ3v) is 5.26. The maximum absolute atomic E-state index is 12.2. The molecule has 3 heterocycles. The second kappa shape index (κ2) is 7.25. The number of rotatable bonds is 3. The van der Waals surface area contributed by atoms with Crippen molar-refractivity contribution in [3.63, 3.8) is 0 Å². The number of benzene rings is 2. The quantitative estimate of drug-likeness (QED) is 0.533. The largest absolute Gasteiger partial charge is 0.402 e. The number of piperazine rings is 1. The SMILES string of the molecule is O=C1OC(c2ccc(Cl)cc2)=N/C1=C/N1CCN(c2nc3ccccc3[nH]2)CC1. The molecule has 3 aromatic rings. The van der Waals surface area contributed by atoms with Gasteiger partial charge in [-0.2, -0.15) is 0 Å². The highest BCUT2D eigenvalue weighted by Crippen LogP contribution is 2.21. The molecule has 1 aromatic heterocycles. The Morgan fingerprint density at radius 1 is 1.03 bits per heavy atom. The van der Waals surface area contributed by atoms with Crippen LogP contribution in [0.2, 0.25) is 5.02 Å². The standard InChI is InChI=1S/C21H18ClN5O2/c22-15-7-5-14(6-8-15)19-23-18(20(28)29-19)13-26-9-11-27(12-10-26)21-24-16-3-1-2-4-17(16)25-21/h1-8,13H,9-12H2,(H,24,25)/b18-13+. The van der Waals surface area contributed by atoms with Crippen molar-refractivity contribution >= 4 is 40.4 Å². The summed E-state index contributed by atoms with van der Waals surface area (Å²) in [5.41, 5.74) is 3.03. The average Bonchev–Trinajstić information content (AvgIpc) is 3.33. The van der Waals surface area contributed by atoms with Crippen LogP contribution in [0.3, 0.4) is 0 Å². The monoisotopic (exact) mass is 407 g/mol. The molecule has 8 heteroatoms. The van der Waals surface area contributed by atoms with Crippen LogP contribution < -0.4 is 4.90 Å². The molecule has 0 saturated carbocycles. The Kier molecular flexibility index (Phi) is 4.44. The number of ether oxygens (including phenoxy) is 1. The number of carbonyl (C=O) groups excluding carboxylic acids is 1. The van der Waals surface area contributed by atoms with E-state index in [1.807, 2.05) is 24.3 Å². The second-order valence-corrected chi connectivity index (χ2v) is 7.36. The predicted molar refractivity (Wildman–Crippen MR) is 112 cm³/mol. The number of anilines is 1. The fraction of sp³-hybridized carbons (Fsp3) is 0.190. The smallest absolute Gasteiger partial charge is 0.365 e. The zero-order valence-corrected chi connectivity index (χ0v) is 16.3. The van der Waals surface area contributed by atoms with Crippen LogP contribution in [0.4, 0.5) is 5.95 Å². The number of para-hydroxylation sites is 2. The molecule has 0 unspecified atom stereocenters. The van der Waals surface area contributed by atoms with Gasteiger partial charge in [0.05, 0.1) is 11.0 Å². The Morgan fingerprint density at radius 2 is 1.79 bits per heavy atom. The third-order valence-electron chi connectivity index (χ3n) is 5.01. The van der Waals surface area contributed by atoms with Gasteiger partial charge in [0.15, 0.2) is 5.70 Å². The Bertz CT molecular complexity index is 1090. The summed E-state index contributed by atoms with van der Waals surface area (Å²) in [5, 5.41) is 0.622. The van der Waals surface area contributed by atoms with Gasteiger partial charge in [-0.15, -0.1) is 0 Å². The summed E-state index contributed by atoms with van der Waals surface area (Å²) in [6, 6.07) is 15.0. The minimum absolute atomic E-state index is 0.304. The summed E-state index contributed by atoms with van der Waals surface area (Å²) in [5.74, 6) is 0.746. The molecule has 0 bridgehead atoms. The van der Waals surface area contributed by atoms with E-state index in [9.17, 15) is 4.79 Å². The predicted octanol–water partition coefficient (Wildman–Crippen LogP) is 3.18. The van der Waals surface area contributed by atoms with Crippen LogP contribution in [0.25, 0.3) is 11.0 Å². The number of aromatic nitrogens is 2. The molecular formula is C21H18ClN5O2. The first-order valence-corrected chi connectivity index (χ1v) is 9.76. The van der Waals surface area contributed by atoms with Gasteiger partial charge in [-0.25, -0.2) is 14.8 Å². The first-order valence-electron chi connectivity index (χ1n) is 9.38. The molecule has 2 aliphatic rings. The fourth-order valence-electron chi connectivity index (χ4n) is 3.44. The van der Waals surface area contributed by atoms with Crippen LogP contribution in [0.15, 0.2) is 65.4 Å². The summed E-state index contributed by atoms with van der Waals surface area (Å²) in [6.07, 6.45) is 1.78. The van der Waals surface area contributed by atoms with Crippen LogP contribution in [0, 0.1) is 0 Å². The molecular weight excluding hydrogens is 390 g/mol. The van der Waals surface area contributed by atoms with Gasteiger partial charge < -0.3 is 19.5 Å². The summed E-state index contributed by atoms with van der Waals surface area (Å²) in [6.45, 7) is 3.12. The van der Waals surface area contributed by atoms with E-state index in [2.05, 4.69) is 24.8 Å². The molecule has 2 aromatic carbocycles. The highest BCUT2D eigenvalue weighted by Gasteiger charge is 2.26. The molecule has 0 aliphatic carbocycles. The lowest BCUT2D eigenvalue weighted by Gasteiger charge is -2.33. The summed E-state index contributed by atoms with van der Waals surface area (Å²) < 4.78 is 5.31. The first kappa shape index (κ1) is 17.8. The van der Waals surface area contributed by atoms with Crippen molar-refractivity contribution in [3.05, 3.63) is 71.0 Å². The maximum atomic E-state index is 12.2. The van der Waals surface area contributed by atoms with Gasteiger partial charge in [0.25, 0.3) is 0 Å². The molecule has 2 aliphatic heterocycles. The molecule has 1 N–H and O–H groups in total. The Morgan fingerprint density at radius 3 is 2.55 bits per heavy atom. The molecule has 0 amide bonds. The highest BCUT2D eigenvalue weighted by atomic mass is 35.5. The molecule has 0 atom stereocenters. The summed E-state index contributed by atoms with van der Waals surface area (Å²) in [4.78, 5) is 28.9. The molecule has 0 radical (unpaired) electrons. The van der Waals surface area contributed by atoms with E-state index >= 15 is 0 Å². The van der Waals surface area contributed by atoms with Gasteiger partial charge in [0.1, 0.15) is 0 Å². The number of H-pyrrole nitrogens is 1. The number of cyclic esters (lactones) is 1. The number of aromatic amines is 1. The van der Waals surface area contributed by atoms with Gasteiger partial charge in [-0.05, 0) is 36.4 Å². The number of esters is 1. The van der Waals surface area contributed by atoms with E-state index in [-0.39, 0.29) is 0 Å². The number of aliphatic imine (C=N–C) groups is 1. The fourth-order valence-corrected chi connectivity index (χ4v) is 3.57. The number of hydrogen-bond donors (Lipinski definition) is 1. The molecule has 7 nitrogen and oxygen atoms in total. The van der Waals surface area contributed by atoms with Crippen LogP contribution in [-0.2, 0) is 9.53 Å². The number of nitrogens with zero attached hydrogens (tertiary/aromatic N) is 4. The number of hydrogen-bond acceptors (Lipinski definition) is 6. The van der Waals surface area contributed by atoms with E-state index < -0.39 is 5.97 Å². The lowest BCUT2D eigenvalue weighted by molar-refractivity contribution is -0.130. The van der Waals surface area contributed by atoms with Gasteiger partial charge in [0.2, 0.25) is 11.8 Å². The maximum Gasteiger partial charge on any atom is 0.365 e. The minimum Gasteiger partial charge on any atom is -0.402 e. The summed E-state index contributed by atoms with van der Waals surface area (Å²) in [7, 11) is 0. The summed E-state index contributed by atoms with van der Waals surface area (Å²) >= 11 is 5.91.